The van der Waals surface area contributed by atoms with Crippen LogP contribution in [0, 0.1) is 5.82 Å². The van der Waals surface area contributed by atoms with Gasteiger partial charge < -0.3 is 0 Å². The summed E-state index contributed by atoms with van der Waals surface area (Å²) < 4.78 is 16.1. The largest absolute Gasteiger partial charge is 0.272 e. The van der Waals surface area contributed by atoms with Crippen molar-refractivity contribution in [2.75, 3.05) is 0 Å². The molecule has 0 fully saturated rings. The van der Waals surface area contributed by atoms with Gasteiger partial charge in [0.05, 0.1) is 16.3 Å². The SMILES string of the molecule is O=c1c(=Cc2ccccc2Cl)sc2n1C(c1ccc(F)cc1)C1=C(N=2)c2ccccc2CC1. The van der Waals surface area contributed by atoms with Crippen molar-refractivity contribution in [2.45, 2.75) is 18.9 Å². The third kappa shape index (κ3) is 3.39. The maximum absolute atomic E-state index is 13.7. The van der Waals surface area contributed by atoms with Crippen LogP contribution in [-0.2, 0) is 6.42 Å². The Kier molecular flexibility index (Phi) is 4.89. The average Bonchev–Trinajstić information content (AvgIpc) is 3.14. The highest BCUT2D eigenvalue weighted by Crippen LogP contribution is 2.41. The van der Waals surface area contributed by atoms with E-state index in [1.165, 1.54) is 29.0 Å². The maximum Gasteiger partial charge on any atom is 0.271 e. The van der Waals surface area contributed by atoms with Crippen LogP contribution in [0.15, 0.2) is 88.2 Å². The molecule has 0 radical (unpaired) electrons. The minimum absolute atomic E-state index is 0.113. The predicted molar refractivity (Wildman–Crippen MR) is 131 cm³/mol. The molecule has 2 heterocycles. The van der Waals surface area contributed by atoms with Crippen molar-refractivity contribution < 1.29 is 4.39 Å². The molecule has 1 aromatic heterocycles. The van der Waals surface area contributed by atoms with Gasteiger partial charge in [-0.3, -0.25) is 9.36 Å². The van der Waals surface area contributed by atoms with Crippen LogP contribution in [0.4, 0.5) is 4.39 Å². The van der Waals surface area contributed by atoms with Gasteiger partial charge in [0.2, 0.25) is 0 Å². The molecule has 6 heteroatoms. The number of hydrogen-bond donors (Lipinski definition) is 0. The number of halogens is 2. The van der Waals surface area contributed by atoms with E-state index in [0.717, 1.165) is 40.8 Å². The van der Waals surface area contributed by atoms with Crippen molar-refractivity contribution in [1.82, 2.24) is 4.57 Å². The highest BCUT2D eigenvalue weighted by molar-refractivity contribution is 7.07. The lowest BCUT2D eigenvalue weighted by Gasteiger charge is -2.30. The van der Waals surface area contributed by atoms with Crippen LogP contribution < -0.4 is 14.9 Å². The third-order valence-electron chi connectivity index (χ3n) is 6.25. The molecule has 3 aromatic carbocycles. The van der Waals surface area contributed by atoms with Crippen LogP contribution in [0.2, 0.25) is 5.02 Å². The Bertz CT molecular complexity index is 1620. The van der Waals surface area contributed by atoms with Gasteiger partial charge >= 0.3 is 0 Å². The van der Waals surface area contributed by atoms with Gasteiger partial charge in [0, 0.05) is 10.6 Å². The number of aromatic nitrogens is 1. The highest BCUT2D eigenvalue weighted by atomic mass is 35.5. The highest BCUT2D eigenvalue weighted by Gasteiger charge is 2.32. The van der Waals surface area contributed by atoms with E-state index >= 15 is 0 Å². The monoisotopic (exact) mass is 472 g/mol. The Hall–Kier alpha value is -3.28. The van der Waals surface area contributed by atoms with Gasteiger partial charge in [0.15, 0.2) is 4.80 Å². The molecule has 1 aliphatic carbocycles. The first-order chi connectivity index (χ1) is 16.1. The Balaban J connectivity index is 1.64. The number of fused-ring (bicyclic) bond motifs is 3. The predicted octanol–water partition coefficient (Wildman–Crippen LogP) is 5.11. The van der Waals surface area contributed by atoms with Gasteiger partial charge in [0.1, 0.15) is 5.82 Å². The summed E-state index contributed by atoms with van der Waals surface area (Å²) in [5, 5.41) is 0.589. The quantitative estimate of drug-likeness (QED) is 0.399. The second kappa shape index (κ2) is 7.94. The average molecular weight is 473 g/mol. The first-order valence-corrected chi connectivity index (χ1v) is 11.9. The summed E-state index contributed by atoms with van der Waals surface area (Å²) in [6, 6.07) is 21.8. The number of allylic oxidation sites excluding steroid dienone is 1. The normalized spacial score (nSPS) is 17.3. The van der Waals surface area contributed by atoms with Crippen LogP contribution in [-0.4, -0.2) is 4.57 Å². The van der Waals surface area contributed by atoms with Crippen LogP contribution in [0.25, 0.3) is 11.8 Å². The van der Waals surface area contributed by atoms with Gasteiger partial charge in [-0.2, -0.15) is 0 Å². The number of benzene rings is 3. The first-order valence-electron chi connectivity index (χ1n) is 10.7. The number of hydrogen-bond acceptors (Lipinski definition) is 3. The fraction of sp³-hybridized carbons (Fsp3) is 0.111. The maximum atomic E-state index is 13.7. The van der Waals surface area contributed by atoms with Crippen LogP contribution in [0.3, 0.4) is 0 Å². The lowest BCUT2D eigenvalue weighted by Crippen LogP contribution is -2.38. The fourth-order valence-electron chi connectivity index (χ4n) is 4.70. The zero-order chi connectivity index (χ0) is 22.5. The second-order valence-electron chi connectivity index (χ2n) is 8.19. The van der Waals surface area contributed by atoms with Gasteiger partial charge in [0.25, 0.3) is 5.56 Å². The van der Waals surface area contributed by atoms with E-state index in [4.69, 9.17) is 16.6 Å². The Morgan fingerprint density at radius 3 is 2.58 bits per heavy atom. The molecular formula is C27H18ClFN2OS. The molecule has 0 amide bonds. The van der Waals surface area contributed by atoms with Gasteiger partial charge in [-0.15, -0.1) is 0 Å². The fourth-order valence-corrected chi connectivity index (χ4v) is 5.88. The van der Waals surface area contributed by atoms with Gasteiger partial charge in [-0.05, 0) is 59.4 Å². The van der Waals surface area contributed by atoms with Gasteiger partial charge in [-0.1, -0.05) is 77.5 Å². The Morgan fingerprint density at radius 1 is 1.00 bits per heavy atom. The number of nitrogens with zero attached hydrogens (tertiary/aromatic N) is 2. The number of thiazole rings is 1. The molecule has 2 aliphatic rings. The molecule has 0 bridgehead atoms. The lowest BCUT2D eigenvalue weighted by atomic mass is 9.83. The van der Waals surface area contributed by atoms with E-state index < -0.39 is 0 Å². The molecule has 33 heavy (non-hydrogen) atoms. The molecule has 1 unspecified atom stereocenters. The summed E-state index contributed by atoms with van der Waals surface area (Å²) in [5.41, 5.74) is 5.94. The smallest absolute Gasteiger partial charge is 0.271 e. The molecule has 3 nitrogen and oxygen atoms in total. The summed E-state index contributed by atoms with van der Waals surface area (Å²) >= 11 is 7.70. The van der Waals surface area contributed by atoms with Crippen molar-refractivity contribution in [2.24, 2.45) is 4.99 Å². The summed E-state index contributed by atoms with van der Waals surface area (Å²) in [4.78, 5) is 19.3. The van der Waals surface area contributed by atoms with E-state index in [1.807, 2.05) is 36.4 Å². The Morgan fingerprint density at radius 2 is 1.76 bits per heavy atom. The molecule has 1 atom stereocenters. The van der Waals surface area contributed by atoms with Crippen molar-refractivity contribution >= 4 is 34.7 Å². The van der Waals surface area contributed by atoms with Crippen molar-refractivity contribution in [3.05, 3.63) is 131 Å². The zero-order valence-electron chi connectivity index (χ0n) is 17.5. The molecule has 0 saturated heterocycles. The van der Waals surface area contributed by atoms with Crippen molar-refractivity contribution in [3.63, 3.8) is 0 Å². The Labute approximate surface area is 198 Å². The van der Waals surface area contributed by atoms with Crippen molar-refractivity contribution in [3.8, 4) is 0 Å². The minimum atomic E-state index is -0.321. The van der Waals surface area contributed by atoms with E-state index in [9.17, 15) is 9.18 Å². The molecule has 4 aromatic rings. The lowest BCUT2D eigenvalue weighted by molar-refractivity contribution is 0.581. The standard InChI is InChI=1S/C27H18ClFN2OS/c28-22-8-4-2-6-18(22)15-23-26(32)31-25(17-9-12-19(29)13-10-17)21-14-11-16-5-1-3-7-20(16)24(21)30-27(31)33-23/h1-10,12-13,15,25H,11,14H2. The minimum Gasteiger partial charge on any atom is -0.272 e. The van der Waals surface area contributed by atoms with Crippen molar-refractivity contribution in [1.29, 1.82) is 0 Å². The molecule has 0 saturated carbocycles. The molecule has 1 aliphatic heterocycles. The van der Waals surface area contributed by atoms with Crippen LogP contribution in [0.5, 0.6) is 0 Å². The zero-order valence-corrected chi connectivity index (χ0v) is 19.0. The first kappa shape index (κ1) is 20.3. The van der Waals surface area contributed by atoms with E-state index in [0.29, 0.717) is 14.4 Å². The summed E-state index contributed by atoms with van der Waals surface area (Å²) in [6.45, 7) is 0. The second-order valence-corrected chi connectivity index (χ2v) is 9.60. The van der Waals surface area contributed by atoms with Crippen LogP contribution >= 0.6 is 22.9 Å². The third-order valence-corrected chi connectivity index (χ3v) is 7.58. The molecule has 6 rings (SSSR count). The molecule has 0 N–H and O–H groups in total. The van der Waals surface area contributed by atoms with Crippen LogP contribution in [0.1, 0.15) is 34.7 Å². The van der Waals surface area contributed by atoms with E-state index in [1.54, 1.807) is 22.8 Å². The number of rotatable bonds is 2. The summed E-state index contributed by atoms with van der Waals surface area (Å²) in [7, 11) is 0. The molecule has 0 spiro atoms. The summed E-state index contributed by atoms with van der Waals surface area (Å²) in [6.07, 6.45) is 3.50. The number of aryl methyl sites for hydroxylation is 1. The van der Waals surface area contributed by atoms with Gasteiger partial charge in [-0.25, -0.2) is 9.38 Å². The summed E-state index contributed by atoms with van der Waals surface area (Å²) in [5.74, 6) is -0.298. The van der Waals surface area contributed by atoms with E-state index in [2.05, 4.69) is 12.1 Å². The topological polar surface area (TPSA) is 34.4 Å². The molecular weight excluding hydrogens is 455 g/mol. The van der Waals surface area contributed by atoms with E-state index in [-0.39, 0.29) is 17.4 Å². The molecule has 162 valence electrons.